The smallest absolute Gasteiger partial charge is 0.178 e. The molecule has 0 spiro atoms. The summed E-state index contributed by atoms with van der Waals surface area (Å²) in [5.41, 5.74) is 6.89. The van der Waals surface area contributed by atoms with Crippen LogP contribution in [0.1, 0.15) is 0 Å². The number of rotatable bonds is 11. The fourth-order valence-electron chi connectivity index (χ4n) is 4.74. The predicted molar refractivity (Wildman–Crippen MR) is 166 cm³/mol. The minimum atomic E-state index is -0.328. The lowest BCUT2D eigenvalue weighted by molar-refractivity contribution is 0.261. The van der Waals surface area contributed by atoms with E-state index >= 15 is 0 Å². The van der Waals surface area contributed by atoms with Crippen LogP contribution in [0.4, 0.5) is 10.1 Å². The molecule has 0 unspecified atom stereocenters. The Morgan fingerprint density at radius 2 is 1.79 bits per heavy atom. The third-order valence-corrected chi connectivity index (χ3v) is 6.94. The summed E-state index contributed by atoms with van der Waals surface area (Å²) in [5.74, 6) is 0.856. The molecule has 1 aromatic carbocycles. The van der Waals surface area contributed by atoms with E-state index in [9.17, 15) is 4.39 Å². The van der Waals surface area contributed by atoms with Crippen LogP contribution in [-0.4, -0.2) is 99.3 Å². The normalized spacial score (nSPS) is 11.7. The summed E-state index contributed by atoms with van der Waals surface area (Å²) in [6, 6.07) is 12.6. The van der Waals surface area contributed by atoms with E-state index in [0.29, 0.717) is 58.4 Å². The van der Waals surface area contributed by atoms with Crippen molar-refractivity contribution in [2.75, 3.05) is 59.7 Å². The van der Waals surface area contributed by atoms with E-state index in [-0.39, 0.29) is 5.82 Å². The molecule has 0 saturated heterocycles. The molecule has 220 valence electrons. The number of pyridine rings is 3. The molecule has 43 heavy (non-hydrogen) atoms. The number of ether oxygens (including phenoxy) is 1. The first-order valence-corrected chi connectivity index (χ1v) is 14.0. The number of benzene rings is 1. The van der Waals surface area contributed by atoms with Gasteiger partial charge in [0.2, 0.25) is 0 Å². The molecule has 0 aliphatic heterocycles. The largest absolute Gasteiger partial charge is 0.491 e. The van der Waals surface area contributed by atoms with Crippen molar-refractivity contribution >= 4 is 27.9 Å². The van der Waals surface area contributed by atoms with Crippen LogP contribution in [-0.2, 0) is 0 Å². The number of aromatic nitrogens is 7. The van der Waals surface area contributed by atoms with Crippen LogP contribution in [0.25, 0.3) is 56.1 Å². The fourth-order valence-corrected chi connectivity index (χ4v) is 4.74. The zero-order valence-electron chi connectivity index (χ0n) is 24.5. The van der Waals surface area contributed by atoms with Gasteiger partial charge in [0.25, 0.3) is 0 Å². The molecule has 0 aliphatic rings. The number of likely N-dealkylation sites (N-methyl/N-ethyl adjacent to an activating group) is 2. The van der Waals surface area contributed by atoms with Gasteiger partial charge in [0, 0.05) is 48.8 Å². The van der Waals surface area contributed by atoms with Crippen molar-refractivity contribution in [3.8, 4) is 39.7 Å². The number of hydrogen-bond acceptors (Lipinski definition) is 9. The molecule has 0 fully saturated rings. The second-order valence-corrected chi connectivity index (χ2v) is 10.8. The van der Waals surface area contributed by atoms with Crippen LogP contribution in [0.5, 0.6) is 5.75 Å². The maximum absolute atomic E-state index is 14.7. The van der Waals surface area contributed by atoms with Gasteiger partial charge in [0.15, 0.2) is 17.2 Å². The quantitative estimate of drug-likeness (QED) is 0.200. The van der Waals surface area contributed by atoms with Gasteiger partial charge < -0.3 is 24.8 Å². The second-order valence-electron chi connectivity index (χ2n) is 10.8. The van der Waals surface area contributed by atoms with Gasteiger partial charge in [-0.1, -0.05) is 0 Å². The van der Waals surface area contributed by atoms with Crippen LogP contribution in [0.3, 0.4) is 0 Å². The number of nitrogens with one attached hydrogen (secondary N) is 3. The highest BCUT2D eigenvalue weighted by molar-refractivity contribution is 5.95. The van der Waals surface area contributed by atoms with Gasteiger partial charge in [0.1, 0.15) is 23.7 Å². The van der Waals surface area contributed by atoms with Gasteiger partial charge in [-0.2, -0.15) is 5.10 Å². The molecule has 6 aromatic rings. The highest BCUT2D eigenvalue weighted by Crippen LogP contribution is 2.32. The molecule has 5 aromatic heterocycles. The molecular formula is C31H33FN10O. The molecule has 0 aliphatic carbocycles. The summed E-state index contributed by atoms with van der Waals surface area (Å²) in [6.45, 7) is 2.88. The second kappa shape index (κ2) is 12.1. The Morgan fingerprint density at radius 3 is 2.63 bits per heavy atom. The predicted octanol–water partition coefficient (Wildman–Crippen LogP) is 4.68. The van der Waals surface area contributed by atoms with Crippen LogP contribution >= 0.6 is 0 Å². The van der Waals surface area contributed by atoms with E-state index in [0.717, 1.165) is 35.4 Å². The molecule has 0 amide bonds. The Morgan fingerprint density at radius 1 is 0.930 bits per heavy atom. The number of H-pyrrole nitrogens is 2. The number of imidazole rings is 1. The van der Waals surface area contributed by atoms with Crippen molar-refractivity contribution in [1.82, 2.24) is 44.9 Å². The van der Waals surface area contributed by atoms with Crippen molar-refractivity contribution < 1.29 is 9.13 Å². The van der Waals surface area contributed by atoms with Gasteiger partial charge in [-0.25, -0.2) is 19.3 Å². The van der Waals surface area contributed by atoms with Crippen molar-refractivity contribution in [2.45, 2.75) is 0 Å². The average molecular weight is 581 g/mol. The lowest BCUT2D eigenvalue weighted by Crippen LogP contribution is -2.20. The number of hydrogen-bond donors (Lipinski definition) is 3. The first-order chi connectivity index (χ1) is 20.8. The van der Waals surface area contributed by atoms with E-state index in [1.54, 1.807) is 18.6 Å². The van der Waals surface area contributed by atoms with Gasteiger partial charge in [-0.3, -0.25) is 10.1 Å². The summed E-state index contributed by atoms with van der Waals surface area (Å²) >= 11 is 0. The molecule has 11 nitrogen and oxygen atoms in total. The topological polar surface area (TPSA) is 124 Å². The minimum absolute atomic E-state index is 0.328. The molecule has 3 N–H and O–H groups in total. The third kappa shape index (κ3) is 6.30. The third-order valence-electron chi connectivity index (χ3n) is 6.94. The molecule has 6 rings (SSSR count). The Labute approximate surface area is 248 Å². The monoisotopic (exact) mass is 580 g/mol. The van der Waals surface area contributed by atoms with Crippen LogP contribution in [0.15, 0.2) is 61.1 Å². The number of anilines is 1. The van der Waals surface area contributed by atoms with E-state index in [2.05, 4.69) is 40.3 Å². The Kier molecular flexibility index (Phi) is 7.95. The zero-order chi connectivity index (χ0) is 29.9. The standard InChI is InChI=1S/C31H33FN10O/c1-41(2)10-9-34-22-14-19(13-21(32)16-22)24-7-8-35-30-27(24)37-31(38-30)29-28-26(39-40-29)6-5-25(36-28)20-15-23(18-33-17-20)43-12-11-42(3)4/h5-8,13-18,34H,9-12H2,1-4H3,(H,39,40)(H,35,37,38). The van der Waals surface area contributed by atoms with Gasteiger partial charge in [-0.15, -0.1) is 0 Å². The fraction of sp³-hybridized carbons (Fsp3) is 0.258. The first-order valence-electron chi connectivity index (χ1n) is 14.0. The zero-order valence-corrected chi connectivity index (χ0v) is 24.5. The van der Waals surface area contributed by atoms with E-state index in [4.69, 9.17) is 14.7 Å². The van der Waals surface area contributed by atoms with Crippen LogP contribution in [0, 0.1) is 5.82 Å². The van der Waals surface area contributed by atoms with Gasteiger partial charge in [0.05, 0.1) is 22.9 Å². The molecule has 5 heterocycles. The van der Waals surface area contributed by atoms with Crippen LogP contribution < -0.4 is 10.1 Å². The molecule has 0 radical (unpaired) electrons. The van der Waals surface area contributed by atoms with Crippen molar-refractivity contribution in [3.05, 3.63) is 66.9 Å². The molecular weight excluding hydrogens is 547 g/mol. The summed E-state index contributed by atoms with van der Waals surface area (Å²) in [7, 11) is 8.00. The average Bonchev–Trinajstić information content (AvgIpc) is 3.60. The highest BCUT2D eigenvalue weighted by Gasteiger charge is 2.18. The van der Waals surface area contributed by atoms with Gasteiger partial charge in [-0.05, 0) is 76.2 Å². The van der Waals surface area contributed by atoms with Gasteiger partial charge >= 0.3 is 0 Å². The molecule has 12 heteroatoms. The SMILES string of the molecule is CN(C)CCNc1cc(F)cc(-c2ccnc3nc(-c4n[nH]c5ccc(-c6cncc(OCCN(C)C)c6)nc45)[nH]c23)c1. The molecule has 0 bridgehead atoms. The summed E-state index contributed by atoms with van der Waals surface area (Å²) < 4.78 is 20.5. The lowest BCUT2D eigenvalue weighted by atomic mass is 10.0. The Hall–Kier alpha value is -4.94. The highest BCUT2D eigenvalue weighted by atomic mass is 19.1. The molecule has 0 saturated carbocycles. The van der Waals surface area contributed by atoms with Crippen molar-refractivity contribution in [1.29, 1.82) is 0 Å². The van der Waals surface area contributed by atoms with E-state index in [1.807, 2.05) is 58.5 Å². The van der Waals surface area contributed by atoms with E-state index < -0.39 is 0 Å². The summed E-state index contributed by atoms with van der Waals surface area (Å²) in [4.78, 5) is 25.9. The number of aromatic amines is 2. The Bertz CT molecular complexity index is 1880. The van der Waals surface area contributed by atoms with Crippen molar-refractivity contribution in [2.24, 2.45) is 0 Å². The summed E-state index contributed by atoms with van der Waals surface area (Å²) in [5, 5.41) is 10.9. The molecule has 0 atom stereocenters. The minimum Gasteiger partial charge on any atom is -0.491 e. The Balaban J connectivity index is 1.33. The maximum Gasteiger partial charge on any atom is 0.178 e. The summed E-state index contributed by atoms with van der Waals surface area (Å²) in [6.07, 6.45) is 5.13. The maximum atomic E-state index is 14.7. The number of halogens is 1. The first kappa shape index (κ1) is 28.2. The number of fused-ring (bicyclic) bond motifs is 2. The number of nitrogens with zero attached hydrogens (tertiary/aromatic N) is 7. The lowest BCUT2D eigenvalue weighted by Gasteiger charge is -2.13. The van der Waals surface area contributed by atoms with E-state index in [1.165, 1.54) is 12.1 Å². The van der Waals surface area contributed by atoms with Crippen molar-refractivity contribution in [3.63, 3.8) is 0 Å². The van der Waals surface area contributed by atoms with Crippen LogP contribution in [0.2, 0.25) is 0 Å².